The number of nitrogens with two attached hydrogens (primary N) is 1. The van der Waals surface area contributed by atoms with E-state index in [9.17, 15) is 34.5 Å². The Morgan fingerprint density at radius 1 is 1.00 bits per heavy atom. The number of rotatable bonds is 10. The van der Waals surface area contributed by atoms with Crippen LogP contribution >= 0.6 is 0 Å². The normalized spacial score (nSPS) is 13.7. The van der Waals surface area contributed by atoms with E-state index in [2.05, 4.69) is 16.0 Å². The predicted octanol–water partition coefficient (Wildman–Crippen LogP) is -2.56. The van der Waals surface area contributed by atoms with Gasteiger partial charge >= 0.3 is 5.97 Å². The minimum Gasteiger partial charge on any atom is -0.508 e. The number of aromatic hydroxyl groups is 1. The van der Waals surface area contributed by atoms with Crippen molar-refractivity contribution < 1.29 is 34.5 Å². The Bertz CT molecular complexity index is 708. The lowest BCUT2D eigenvalue weighted by molar-refractivity contribution is -0.142. The highest BCUT2D eigenvalue weighted by atomic mass is 16.4. The molecule has 11 heteroatoms. The molecule has 3 atom stereocenters. The Morgan fingerprint density at radius 2 is 1.57 bits per heavy atom. The number of aliphatic hydroxyl groups is 1. The van der Waals surface area contributed by atoms with Gasteiger partial charge in [-0.1, -0.05) is 12.1 Å². The van der Waals surface area contributed by atoms with E-state index in [1.54, 1.807) is 0 Å². The standard InChI is InChI=1S/C17H24N4O7/c1-9(19-14(24)7-18)15(25)21-13(8-22)16(26)20-12(17(27)28)6-10-2-4-11(23)5-3-10/h2-5,9,12-13,22-23H,6-8,18H2,1H3,(H,19,24)(H,20,26)(H,21,25)(H,27,28). The summed E-state index contributed by atoms with van der Waals surface area (Å²) >= 11 is 0. The molecule has 0 fully saturated rings. The van der Waals surface area contributed by atoms with E-state index in [0.29, 0.717) is 5.56 Å². The average molecular weight is 396 g/mol. The largest absolute Gasteiger partial charge is 0.508 e. The van der Waals surface area contributed by atoms with Crippen molar-refractivity contribution in [3.8, 4) is 5.75 Å². The maximum atomic E-state index is 12.3. The SMILES string of the molecule is CC(NC(=O)CN)C(=O)NC(CO)C(=O)NC(Cc1ccc(O)cc1)C(=O)O. The van der Waals surface area contributed by atoms with Gasteiger partial charge in [-0.2, -0.15) is 0 Å². The molecule has 1 rings (SSSR count). The molecule has 154 valence electrons. The third-order valence-corrected chi connectivity index (χ3v) is 3.76. The number of nitrogens with one attached hydrogen (secondary N) is 3. The minimum absolute atomic E-state index is 0.0126. The summed E-state index contributed by atoms with van der Waals surface area (Å²) in [7, 11) is 0. The molecule has 0 heterocycles. The van der Waals surface area contributed by atoms with Crippen LogP contribution in [0.5, 0.6) is 5.75 Å². The number of carbonyl (C=O) groups excluding carboxylic acids is 3. The molecule has 0 spiro atoms. The van der Waals surface area contributed by atoms with E-state index >= 15 is 0 Å². The molecule has 3 unspecified atom stereocenters. The lowest BCUT2D eigenvalue weighted by Crippen LogP contribution is -2.57. The number of carboxylic acid groups (broad SMARTS) is 1. The summed E-state index contributed by atoms with van der Waals surface area (Å²) in [5, 5.41) is 34.7. The van der Waals surface area contributed by atoms with Crippen molar-refractivity contribution in [1.82, 2.24) is 16.0 Å². The van der Waals surface area contributed by atoms with Crippen molar-refractivity contribution in [3.63, 3.8) is 0 Å². The Morgan fingerprint density at radius 3 is 2.07 bits per heavy atom. The summed E-state index contributed by atoms with van der Waals surface area (Å²) in [5.74, 6) is -3.53. The van der Waals surface area contributed by atoms with E-state index in [1.807, 2.05) is 0 Å². The summed E-state index contributed by atoms with van der Waals surface area (Å²) < 4.78 is 0. The van der Waals surface area contributed by atoms with E-state index in [0.717, 1.165) is 0 Å². The van der Waals surface area contributed by atoms with Gasteiger partial charge in [0.25, 0.3) is 0 Å². The van der Waals surface area contributed by atoms with Gasteiger partial charge in [-0.15, -0.1) is 0 Å². The molecule has 3 amide bonds. The molecule has 8 N–H and O–H groups in total. The molecule has 0 aliphatic rings. The fourth-order valence-electron chi connectivity index (χ4n) is 2.20. The Kier molecular flexibility index (Phi) is 8.85. The summed E-state index contributed by atoms with van der Waals surface area (Å²) in [6, 6.07) is 2.02. The molecular formula is C17H24N4O7. The first-order valence-corrected chi connectivity index (χ1v) is 8.39. The van der Waals surface area contributed by atoms with Crippen LogP contribution in [0.15, 0.2) is 24.3 Å². The van der Waals surface area contributed by atoms with Gasteiger partial charge in [-0.05, 0) is 24.6 Å². The summed E-state index contributed by atoms with van der Waals surface area (Å²) in [5.41, 5.74) is 5.68. The van der Waals surface area contributed by atoms with E-state index in [1.165, 1.54) is 31.2 Å². The van der Waals surface area contributed by atoms with Crippen molar-refractivity contribution in [1.29, 1.82) is 0 Å². The maximum Gasteiger partial charge on any atom is 0.326 e. The molecule has 0 bridgehead atoms. The van der Waals surface area contributed by atoms with Crippen LogP contribution in [0.3, 0.4) is 0 Å². The second-order valence-electron chi connectivity index (χ2n) is 6.01. The lowest BCUT2D eigenvalue weighted by Gasteiger charge is -2.22. The van der Waals surface area contributed by atoms with Gasteiger partial charge < -0.3 is 37.0 Å². The third kappa shape index (κ3) is 7.21. The molecule has 1 aromatic rings. The van der Waals surface area contributed by atoms with Gasteiger partial charge in [0.2, 0.25) is 17.7 Å². The Balaban J connectivity index is 2.73. The van der Waals surface area contributed by atoms with Crippen LogP contribution in [0.25, 0.3) is 0 Å². The number of amides is 3. The maximum absolute atomic E-state index is 12.3. The minimum atomic E-state index is -1.41. The molecule has 1 aromatic carbocycles. The van der Waals surface area contributed by atoms with Crippen LogP contribution in [0.1, 0.15) is 12.5 Å². The van der Waals surface area contributed by atoms with Gasteiger partial charge in [-0.25, -0.2) is 4.79 Å². The summed E-state index contributed by atoms with van der Waals surface area (Å²) in [4.78, 5) is 46.9. The highest BCUT2D eigenvalue weighted by Crippen LogP contribution is 2.11. The number of aliphatic hydroxyl groups excluding tert-OH is 1. The van der Waals surface area contributed by atoms with Crippen molar-refractivity contribution >= 4 is 23.7 Å². The van der Waals surface area contributed by atoms with Gasteiger partial charge in [-0.3, -0.25) is 14.4 Å². The molecule has 0 aliphatic heterocycles. The van der Waals surface area contributed by atoms with Gasteiger partial charge in [0, 0.05) is 6.42 Å². The lowest BCUT2D eigenvalue weighted by atomic mass is 10.1. The second-order valence-corrected chi connectivity index (χ2v) is 6.01. The van der Waals surface area contributed by atoms with Crippen LogP contribution in [-0.4, -0.2) is 70.3 Å². The van der Waals surface area contributed by atoms with Crippen LogP contribution in [0, 0.1) is 0 Å². The summed E-state index contributed by atoms with van der Waals surface area (Å²) in [6.07, 6.45) is -0.0730. The first-order valence-electron chi connectivity index (χ1n) is 8.39. The van der Waals surface area contributed by atoms with Crippen LogP contribution < -0.4 is 21.7 Å². The number of hydrogen-bond donors (Lipinski definition) is 7. The molecular weight excluding hydrogens is 372 g/mol. The Labute approximate surface area is 160 Å². The average Bonchev–Trinajstić information content (AvgIpc) is 2.66. The van der Waals surface area contributed by atoms with Crippen molar-refractivity contribution in [2.24, 2.45) is 5.73 Å². The zero-order valence-electron chi connectivity index (χ0n) is 15.2. The van der Waals surface area contributed by atoms with Crippen LogP contribution in [0.4, 0.5) is 0 Å². The van der Waals surface area contributed by atoms with E-state index < -0.39 is 48.4 Å². The molecule has 0 aromatic heterocycles. The number of phenolic OH excluding ortho intramolecular Hbond substituents is 1. The summed E-state index contributed by atoms with van der Waals surface area (Å²) in [6.45, 7) is 0.264. The molecule has 11 nitrogen and oxygen atoms in total. The smallest absolute Gasteiger partial charge is 0.326 e. The first-order chi connectivity index (χ1) is 13.2. The number of aliphatic carboxylic acids is 1. The predicted molar refractivity (Wildman–Crippen MR) is 97.1 cm³/mol. The van der Waals surface area contributed by atoms with Crippen molar-refractivity contribution in [2.45, 2.75) is 31.5 Å². The first kappa shape index (κ1) is 22.9. The monoisotopic (exact) mass is 396 g/mol. The zero-order chi connectivity index (χ0) is 21.3. The fraction of sp³-hybridized carbons (Fsp3) is 0.412. The number of phenols is 1. The second kappa shape index (κ2) is 10.8. The zero-order valence-corrected chi connectivity index (χ0v) is 15.2. The van der Waals surface area contributed by atoms with Gasteiger partial charge in [0.05, 0.1) is 13.2 Å². The van der Waals surface area contributed by atoms with Crippen LogP contribution in [0.2, 0.25) is 0 Å². The fourth-order valence-corrected chi connectivity index (χ4v) is 2.20. The van der Waals surface area contributed by atoms with Crippen molar-refractivity contribution in [2.75, 3.05) is 13.2 Å². The number of carbonyl (C=O) groups is 4. The van der Waals surface area contributed by atoms with E-state index in [-0.39, 0.29) is 18.7 Å². The molecule has 0 saturated heterocycles. The quantitative estimate of drug-likeness (QED) is 0.225. The van der Waals surface area contributed by atoms with Gasteiger partial charge in [0.1, 0.15) is 23.9 Å². The topological polar surface area (TPSA) is 191 Å². The van der Waals surface area contributed by atoms with Gasteiger partial charge in [0.15, 0.2) is 0 Å². The van der Waals surface area contributed by atoms with E-state index in [4.69, 9.17) is 5.73 Å². The highest BCUT2D eigenvalue weighted by Gasteiger charge is 2.27. The number of carboxylic acids is 1. The van der Waals surface area contributed by atoms with Crippen molar-refractivity contribution in [3.05, 3.63) is 29.8 Å². The molecule has 0 saturated carbocycles. The Hall–Kier alpha value is -3.18. The third-order valence-electron chi connectivity index (χ3n) is 3.76. The highest BCUT2D eigenvalue weighted by molar-refractivity contribution is 5.93. The molecule has 0 radical (unpaired) electrons. The molecule has 0 aliphatic carbocycles. The number of hydrogen-bond acceptors (Lipinski definition) is 7. The number of benzene rings is 1. The van der Waals surface area contributed by atoms with Crippen LogP contribution in [-0.2, 0) is 25.6 Å². The molecule has 28 heavy (non-hydrogen) atoms.